The van der Waals surface area contributed by atoms with Crippen molar-refractivity contribution in [1.82, 2.24) is 0 Å². The lowest BCUT2D eigenvalue weighted by molar-refractivity contribution is 0.0526. The number of benzene rings is 2. The van der Waals surface area contributed by atoms with Gasteiger partial charge < -0.3 is 20.1 Å². The lowest BCUT2D eigenvalue weighted by Crippen LogP contribution is -2.20. The van der Waals surface area contributed by atoms with Gasteiger partial charge in [-0.05, 0) is 43.7 Å². The number of amides is 2. The number of aryl methyl sites for hydroxylation is 1. The molecular formula is C18H20N2O4. The maximum atomic E-state index is 12.2. The summed E-state index contributed by atoms with van der Waals surface area (Å²) in [6.45, 7) is 3.88. The van der Waals surface area contributed by atoms with Crippen molar-refractivity contribution in [3.05, 3.63) is 53.6 Å². The van der Waals surface area contributed by atoms with Crippen molar-refractivity contribution < 1.29 is 19.1 Å². The van der Waals surface area contributed by atoms with E-state index in [0.29, 0.717) is 29.3 Å². The molecule has 0 bridgehead atoms. The fourth-order valence-corrected chi connectivity index (χ4v) is 2.08. The van der Waals surface area contributed by atoms with Gasteiger partial charge in [0, 0.05) is 17.4 Å². The predicted octanol–water partition coefficient (Wildman–Crippen LogP) is 3.82. The molecule has 0 aliphatic carbocycles. The van der Waals surface area contributed by atoms with E-state index in [4.69, 9.17) is 9.47 Å². The number of rotatable bonds is 5. The van der Waals surface area contributed by atoms with E-state index < -0.39 is 12.0 Å². The standard InChI is InChI=1S/C18H20N2O4/c1-4-24-17(21)13-9-8-12(2)16(10-13)20-18(22)19-14-6-5-7-15(11-14)23-3/h5-11H,4H2,1-3H3,(H2,19,20,22). The summed E-state index contributed by atoms with van der Waals surface area (Å²) in [6.07, 6.45) is 0. The van der Waals surface area contributed by atoms with E-state index in [-0.39, 0.29) is 0 Å². The molecule has 126 valence electrons. The Kier molecular flexibility index (Phi) is 5.78. The first kappa shape index (κ1) is 17.3. The summed E-state index contributed by atoms with van der Waals surface area (Å²) in [6, 6.07) is 11.6. The Hall–Kier alpha value is -3.02. The summed E-state index contributed by atoms with van der Waals surface area (Å²) in [5.41, 5.74) is 2.37. The number of hydrogen-bond acceptors (Lipinski definition) is 4. The summed E-state index contributed by atoms with van der Waals surface area (Å²) in [4.78, 5) is 24.0. The Labute approximate surface area is 140 Å². The summed E-state index contributed by atoms with van der Waals surface area (Å²) in [7, 11) is 1.56. The van der Waals surface area contributed by atoms with Crippen LogP contribution in [0.25, 0.3) is 0 Å². The van der Waals surface area contributed by atoms with Crippen LogP contribution in [0.4, 0.5) is 16.2 Å². The van der Waals surface area contributed by atoms with Crippen molar-refractivity contribution in [3.63, 3.8) is 0 Å². The number of carbonyl (C=O) groups is 2. The van der Waals surface area contributed by atoms with Crippen LogP contribution in [0.2, 0.25) is 0 Å². The number of nitrogens with one attached hydrogen (secondary N) is 2. The molecule has 2 aromatic rings. The number of hydrogen-bond donors (Lipinski definition) is 2. The molecule has 0 saturated carbocycles. The Balaban J connectivity index is 2.10. The average molecular weight is 328 g/mol. The zero-order chi connectivity index (χ0) is 17.5. The number of esters is 1. The molecule has 6 nitrogen and oxygen atoms in total. The minimum Gasteiger partial charge on any atom is -0.497 e. The van der Waals surface area contributed by atoms with E-state index in [9.17, 15) is 9.59 Å². The van der Waals surface area contributed by atoms with Crippen LogP contribution in [0.5, 0.6) is 5.75 Å². The maximum absolute atomic E-state index is 12.2. The van der Waals surface area contributed by atoms with Gasteiger partial charge in [-0.15, -0.1) is 0 Å². The van der Waals surface area contributed by atoms with Crippen LogP contribution in [0.3, 0.4) is 0 Å². The molecule has 6 heteroatoms. The molecule has 0 saturated heterocycles. The number of ether oxygens (including phenoxy) is 2. The second-order valence-corrected chi connectivity index (χ2v) is 5.06. The van der Waals surface area contributed by atoms with E-state index in [2.05, 4.69) is 10.6 Å². The SMILES string of the molecule is CCOC(=O)c1ccc(C)c(NC(=O)Nc2cccc(OC)c2)c1. The summed E-state index contributed by atoms with van der Waals surface area (Å²) in [5, 5.41) is 5.45. The van der Waals surface area contributed by atoms with Crippen molar-refractivity contribution in [2.45, 2.75) is 13.8 Å². The first-order valence-corrected chi connectivity index (χ1v) is 7.53. The van der Waals surface area contributed by atoms with Crippen LogP contribution in [-0.4, -0.2) is 25.7 Å². The molecule has 0 unspecified atom stereocenters. The smallest absolute Gasteiger partial charge is 0.338 e. The maximum Gasteiger partial charge on any atom is 0.338 e. The highest BCUT2D eigenvalue weighted by molar-refractivity contribution is 6.01. The zero-order valence-electron chi connectivity index (χ0n) is 13.9. The Morgan fingerprint density at radius 1 is 1.08 bits per heavy atom. The molecule has 0 radical (unpaired) electrons. The molecule has 2 N–H and O–H groups in total. The zero-order valence-corrected chi connectivity index (χ0v) is 13.9. The molecule has 0 heterocycles. The lowest BCUT2D eigenvalue weighted by Gasteiger charge is -2.12. The van der Waals surface area contributed by atoms with Crippen LogP contribution in [0.1, 0.15) is 22.8 Å². The van der Waals surface area contributed by atoms with Crippen LogP contribution in [-0.2, 0) is 4.74 Å². The second kappa shape index (κ2) is 8.01. The van der Waals surface area contributed by atoms with Crippen LogP contribution in [0.15, 0.2) is 42.5 Å². The van der Waals surface area contributed by atoms with Gasteiger partial charge in [-0.1, -0.05) is 12.1 Å². The minimum absolute atomic E-state index is 0.297. The highest BCUT2D eigenvalue weighted by Crippen LogP contribution is 2.20. The molecule has 24 heavy (non-hydrogen) atoms. The molecule has 2 amide bonds. The lowest BCUT2D eigenvalue weighted by atomic mass is 10.1. The van der Waals surface area contributed by atoms with Crippen molar-refractivity contribution in [3.8, 4) is 5.75 Å². The van der Waals surface area contributed by atoms with Crippen molar-refractivity contribution in [2.75, 3.05) is 24.4 Å². The van der Waals surface area contributed by atoms with Gasteiger partial charge in [-0.3, -0.25) is 0 Å². The highest BCUT2D eigenvalue weighted by atomic mass is 16.5. The first-order valence-electron chi connectivity index (χ1n) is 7.53. The fourth-order valence-electron chi connectivity index (χ4n) is 2.08. The van der Waals surface area contributed by atoms with E-state index in [1.54, 1.807) is 56.5 Å². The molecule has 2 aromatic carbocycles. The summed E-state index contributed by atoms with van der Waals surface area (Å²) < 4.78 is 10.1. The molecule has 0 aliphatic rings. The van der Waals surface area contributed by atoms with Crippen LogP contribution < -0.4 is 15.4 Å². The Bertz CT molecular complexity index is 744. The monoisotopic (exact) mass is 328 g/mol. The third kappa shape index (κ3) is 4.49. The van der Waals surface area contributed by atoms with E-state index in [1.165, 1.54) is 0 Å². The van der Waals surface area contributed by atoms with Crippen LogP contribution in [0, 0.1) is 6.92 Å². The van der Waals surface area contributed by atoms with Gasteiger partial charge in [0.2, 0.25) is 0 Å². The molecular weight excluding hydrogens is 308 g/mol. The summed E-state index contributed by atoms with van der Waals surface area (Å²) in [5.74, 6) is 0.224. The highest BCUT2D eigenvalue weighted by Gasteiger charge is 2.11. The third-order valence-electron chi connectivity index (χ3n) is 3.32. The Morgan fingerprint density at radius 2 is 1.88 bits per heavy atom. The average Bonchev–Trinajstić information content (AvgIpc) is 2.57. The number of methoxy groups -OCH3 is 1. The van der Waals surface area contributed by atoms with Gasteiger partial charge in [0.25, 0.3) is 0 Å². The van der Waals surface area contributed by atoms with E-state index >= 15 is 0 Å². The van der Waals surface area contributed by atoms with Gasteiger partial charge in [0.1, 0.15) is 5.75 Å². The Morgan fingerprint density at radius 3 is 2.58 bits per heavy atom. The molecule has 0 aromatic heterocycles. The minimum atomic E-state index is -0.422. The fraction of sp³-hybridized carbons (Fsp3) is 0.222. The van der Waals surface area contributed by atoms with Gasteiger partial charge in [-0.25, -0.2) is 9.59 Å². The van der Waals surface area contributed by atoms with Crippen molar-refractivity contribution in [2.24, 2.45) is 0 Å². The molecule has 0 aliphatic heterocycles. The number of carbonyl (C=O) groups excluding carboxylic acids is 2. The van der Waals surface area contributed by atoms with E-state index in [1.807, 2.05) is 6.92 Å². The molecule has 0 atom stereocenters. The first-order chi connectivity index (χ1) is 11.5. The molecule has 0 spiro atoms. The normalized spacial score (nSPS) is 9.96. The molecule has 2 rings (SSSR count). The van der Waals surface area contributed by atoms with Crippen molar-refractivity contribution in [1.29, 1.82) is 0 Å². The summed E-state index contributed by atoms with van der Waals surface area (Å²) >= 11 is 0. The molecule has 0 fully saturated rings. The number of urea groups is 1. The number of anilines is 2. The van der Waals surface area contributed by atoms with Crippen molar-refractivity contribution >= 4 is 23.4 Å². The largest absolute Gasteiger partial charge is 0.497 e. The van der Waals surface area contributed by atoms with E-state index in [0.717, 1.165) is 5.56 Å². The van der Waals surface area contributed by atoms with Gasteiger partial charge in [0.05, 0.1) is 19.3 Å². The van der Waals surface area contributed by atoms with Crippen LogP contribution >= 0.6 is 0 Å². The topological polar surface area (TPSA) is 76.7 Å². The third-order valence-corrected chi connectivity index (χ3v) is 3.32. The second-order valence-electron chi connectivity index (χ2n) is 5.06. The quantitative estimate of drug-likeness (QED) is 0.818. The predicted molar refractivity (Wildman–Crippen MR) is 92.8 cm³/mol. The van der Waals surface area contributed by atoms with Gasteiger partial charge >= 0.3 is 12.0 Å². The van der Waals surface area contributed by atoms with Gasteiger partial charge in [-0.2, -0.15) is 0 Å². The van der Waals surface area contributed by atoms with Gasteiger partial charge in [0.15, 0.2) is 0 Å².